The van der Waals surface area contributed by atoms with Gasteiger partial charge in [0.1, 0.15) is 6.04 Å². The quantitative estimate of drug-likeness (QED) is 0.433. The van der Waals surface area contributed by atoms with Crippen molar-refractivity contribution in [2.75, 3.05) is 6.54 Å². The van der Waals surface area contributed by atoms with Crippen molar-refractivity contribution in [1.29, 1.82) is 0 Å². The Bertz CT molecular complexity index is 124. The van der Waals surface area contributed by atoms with Crippen LogP contribution in [0, 0.1) is 5.92 Å². The molecule has 1 heterocycles. The molecule has 0 aliphatic carbocycles. The Morgan fingerprint density at radius 2 is 2.44 bits per heavy atom. The first-order valence-electron chi connectivity index (χ1n) is 3.26. The summed E-state index contributed by atoms with van der Waals surface area (Å²) in [4.78, 5) is 10.3. The summed E-state index contributed by atoms with van der Waals surface area (Å²) in [7, 11) is 0. The summed E-state index contributed by atoms with van der Waals surface area (Å²) >= 11 is 0. The van der Waals surface area contributed by atoms with E-state index in [1.807, 2.05) is 12.2 Å². The van der Waals surface area contributed by atoms with E-state index in [1.165, 1.54) is 0 Å². The van der Waals surface area contributed by atoms with Crippen molar-refractivity contribution >= 4 is 5.97 Å². The van der Waals surface area contributed by atoms with Crippen LogP contribution in [-0.2, 0) is 4.79 Å². The molecule has 0 radical (unpaired) electrons. The molecule has 0 amide bonds. The van der Waals surface area contributed by atoms with Crippen molar-refractivity contribution in [2.45, 2.75) is 19.4 Å². The normalized spacial score (nSPS) is 34.8. The largest absolute Gasteiger partial charge is 0.544 e. The zero-order valence-electron chi connectivity index (χ0n) is 5.46. The summed E-state index contributed by atoms with van der Waals surface area (Å²) in [5.41, 5.74) is 0. The summed E-state index contributed by atoms with van der Waals surface area (Å²) < 4.78 is 0. The fourth-order valence-corrected chi connectivity index (χ4v) is 1.28. The molecule has 0 spiro atoms. The minimum Gasteiger partial charge on any atom is -0.544 e. The van der Waals surface area contributed by atoms with Crippen LogP contribution in [0.3, 0.4) is 0 Å². The number of carbonyl (C=O) groups excluding carboxylic acids is 1. The lowest BCUT2D eigenvalue weighted by molar-refractivity contribution is -0.667. The minimum absolute atomic E-state index is 0.287. The molecule has 0 saturated carbocycles. The number of carboxylic acids is 1. The highest BCUT2D eigenvalue weighted by Crippen LogP contribution is 2.06. The SMILES string of the molecule is C[C@@H]1CC[NH2+][C@H]1C(=O)[O-]. The van der Waals surface area contributed by atoms with Gasteiger partial charge in [0.15, 0.2) is 0 Å². The first-order valence-corrected chi connectivity index (χ1v) is 3.26. The maximum atomic E-state index is 10.3. The molecule has 3 nitrogen and oxygen atoms in total. The van der Waals surface area contributed by atoms with Crippen LogP contribution >= 0.6 is 0 Å². The lowest BCUT2D eigenvalue weighted by atomic mass is 10.0. The third-order valence-corrected chi connectivity index (χ3v) is 1.93. The van der Waals surface area contributed by atoms with E-state index in [2.05, 4.69) is 0 Å². The molecule has 1 aliphatic rings. The van der Waals surface area contributed by atoms with Crippen molar-refractivity contribution in [3.8, 4) is 0 Å². The predicted octanol–water partition coefficient (Wildman–Crippen LogP) is -2.29. The summed E-state index contributed by atoms with van der Waals surface area (Å²) in [6, 6.07) is -0.287. The molecule has 9 heavy (non-hydrogen) atoms. The second kappa shape index (κ2) is 2.35. The summed E-state index contributed by atoms with van der Waals surface area (Å²) in [6.45, 7) is 2.88. The van der Waals surface area contributed by atoms with Crippen molar-refractivity contribution in [2.24, 2.45) is 5.92 Å². The summed E-state index contributed by atoms with van der Waals surface area (Å²) in [5, 5.41) is 12.1. The zero-order chi connectivity index (χ0) is 6.85. The summed E-state index contributed by atoms with van der Waals surface area (Å²) in [6.07, 6.45) is 0.999. The lowest BCUT2D eigenvalue weighted by Crippen LogP contribution is -2.90. The van der Waals surface area contributed by atoms with E-state index < -0.39 is 5.97 Å². The van der Waals surface area contributed by atoms with E-state index in [4.69, 9.17) is 0 Å². The molecule has 0 aromatic heterocycles. The third-order valence-electron chi connectivity index (χ3n) is 1.93. The van der Waals surface area contributed by atoms with E-state index in [0.717, 1.165) is 13.0 Å². The topological polar surface area (TPSA) is 56.7 Å². The first-order chi connectivity index (χ1) is 4.22. The number of aliphatic carboxylic acids is 1. The fourth-order valence-electron chi connectivity index (χ4n) is 1.28. The molecule has 1 saturated heterocycles. The van der Waals surface area contributed by atoms with E-state index in [-0.39, 0.29) is 12.0 Å². The Morgan fingerprint density at radius 3 is 2.67 bits per heavy atom. The van der Waals surface area contributed by atoms with Crippen molar-refractivity contribution < 1.29 is 15.2 Å². The van der Waals surface area contributed by atoms with Crippen LogP contribution < -0.4 is 10.4 Å². The zero-order valence-corrected chi connectivity index (χ0v) is 5.46. The molecule has 2 N–H and O–H groups in total. The van der Waals surface area contributed by atoms with Gasteiger partial charge in [-0.25, -0.2) is 0 Å². The molecular formula is C6H11NO2. The van der Waals surface area contributed by atoms with E-state index >= 15 is 0 Å². The van der Waals surface area contributed by atoms with Crippen LogP contribution in [-0.4, -0.2) is 18.6 Å². The molecule has 3 heteroatoms. The number of quaternary nitrogens is 1. The molecular weight excluding hydrogens is 118 g/mol. The first kappa shape index (κ1) is 6.55. The third kappa shape index (κ3) is 1.21. The standard InChI is InChI=1S/C6H11NO2/c1-4-2-3-7-5(4)6(8)9/h4-5,7H,2-3H2,1H3,(H,8,9)/t4-,5-/m1/s1. The van der Waals surface area contributed by atoms with Crippen LogP contribution in [0.25, 0.3) is 0 Å². The van der Waals surface area contributed by atoms with Gasteiger partial charge < -0.3 is 15.2 Å². The Labute approximate surface area is 54.1 Å². The summed E-state index contributed by atoms with van der Waals surface area (Å²) in [5.74, 6) is -0.630. The highest BCUT2D eigenvalue weighted by molar-refractivity contribution is 5.69. The lowest BCUT2D eigenvalue weighted by Gasteiger charge is -2.11. The number of nitrogens with two attached hydrogens (primary N) is 1. The number of hydrogen-bond donors (Lipinski definition) is 1. The van der Waals surface area contributed by atoms with Crippen molar-refractivity contribution in [3.05, 3.63) is 0 Å². The predicted molar refractivity (Wildman–Crippen MR) is 29.4 cm³/mol. The molecule has 0 aromatic carbocycles. The van der Waals surface area contributed by atoms with Crippen LogP contribution in [0.15, 0.2) is 0 Å². The molecule has 2 atom stereocenters. The van der Waals surface area contributed by atoms with E-state index in [1.54, 1.807) is 0 Å². The highest BCUT2D eigenvalue weighted by atomic mass is 16.4. The number of hydrogen-bond acceptors (Lipinski definition) is 2. The Balaban J connectivity index is 2.49. The average Bonchev–Trinajstić information content (AvgIpc) is 2.13. The van der Waals surface area contributed by atoms with E-state index in [0.29, 0.717) is 0 Å². The van der Waals surface area contributed by atoms with Gasteiger partial charge in [0.2, 0.25) is 0 Å². The van der Waals surface area contributed by atoms with Gasteiger partial charge in [0.05, 0.1) is 12.5 Å². The number of carbonyl (C=O) groups is 1. The molecule has 1 rings (SSSR count). The van der Waals surface area contributed by atoms with Gasteiger partial charge in [0.25, 0.3) is 0 Å². The second-order valence-electron chi connectivity index (χ2n) is 2.64. The Hall–Kier alpha value is -0.570. The monoisotopic (exact) mass is 129 g/mol. The molecule has 0 bridgehead atoms. The maximum absolute atomic E-state index is 10.3. The highest BCUT2D eigenvalue weighted by Gasteiger charge is 2.27. The Kier molecular flexibility index (Phi) is 1.71. The fraction of sp³-hybridized carbons (Fsp3) is 0.833. The molecule has 1 aliphatic heterocycles. The maximum Gasteiger partial charge on any atom is 0.129 e. The van der Waals surface area contributed by atoms with Gasteiger partial charge in [-0.1, -0.05) is 6.92 Å². The number of carboxylic acid groups (broad SMARTS) is 1. The van der Waals surface area contributed by atoms with Gasteiger partial charge in [-0.05, 0) is 0 Å². The molecule has 1 fully saturated rings. The van der Waals surface area contributed by atoms with Crippen LogP contribution in [0.4, 0.5) is 0 Å². The van der Waals surface area contributed by atoms with Crippen LogP contribution in [0.5, 0.6) is 0 Å². The smallest absolute Gasteiger partial charge is 0.129 e. The van der Waals surface area contributed by atoms with Gasteiger partial charge in [-0.2, -0.15) is 0 Å². The molecule has 0 aromatic rings. The second-order valence-corrected chi connectivity index (χ2v) is 2.64. The van der Waals surface area contributed by atoms with Crippen molar-refractivity contribution in [1.82, 2.24) is 0 Å². The van der Waals surface area contributed by atoms with Gasteiger partial charge in [-0.3, -0.25) is 0 Å². The van der Waals surface area contributed by atoms with Gasteiger partial charge in [-0.15, -0.1) is 0 Å². The van der Waals surface area contributed by atoms with E-state index in [9.17, 15) is 9.90 Å². The minimum atomic E-state index is -0.917. The van der Waals surface area contributed by atoms with Crippen molar-refractivity contribution in [3.63, 3.8) is 0 Å². The molecule has 0 unspecified atom stereocenters. The number of rotatable bonds is 1. The average molecular weight is 129 g/mol. The van der Waals surface area contributed by atoms with Gasteiger partial charge >= 0.3 is 0 Å². The van der Waals surface area contributed by atoms with Crippen LogP contribution in [0.2, 0.25) is 0 Å². The van der Waals surface area contributed by atoms with Gasteiger partial charge in [0, 0.05) is 12.3 Å². The van der Waals surface area contributed by atoms with Crippen LogP contribution in [0.1, 0.15) is 13.3 Å². The molecule has 52 valence electrons. The Morgan fingerprint density at radius 1 is 1.78 bits per heavy atom.